The number of aryl methyl sites for hydroxylation is 1. The van der Waals surface area contributed by atoms with Gasteiger partial charge in [-0.1, -0.05) is 13.8 Å². The number of rotatable bonds is 4. The molecule has 0 radical (unpaired) electrons. The summed E-state index contributed by atoms with van der Waals surface area (Å²) in [5.41, 5.74) is 3.82. The van der Waals surface area contributed by atoms with Crippen molar-refractivity contribution in [3.63, 3.8) is 0 Å². The topological polar surface area (TPSA) is 104 Å². The van der Waals surface area contributed by atoms with Gasteiger partial charge in [0.2, 0.25) is 0 Å². The number of H-pyrrole nitrogens is 1. The van der Waals surface area contributed by atoms with Gasteiger partial charge >= 0.3 is 5.97 Å². The van der Waals surface area contributed by atoms with Crippen molar-refractivity contribution >= 4 is 28.0 Å². The maximum Gasteiger partial charge on any atom is 0.335 e. The van der Waals surface area contributed by atoms with Gasteiger partial charge in [0.05, 0.1) is 17.2 Å². The van der Waals surface area contributed by atoms with Crippen LogP contribution in [-0.2, 0) is 4.79 Å². The van der Waals surface area contributed by atoms with Gasteiger partial charge in [0, 0.05) is 22.3 Å². The molecule has 0 unspecified atom stereocenters. The number of aromatic nitrogens is 4. The number of halogens is 1. The Morgan fingerprint density at radius 3 is 2.71 bits per heavy atom. The van der Waals surface area contributed by atoms with Crippen LogP contribution in [0.25, 0.3) is 27.8 Å². The molecule has 4 aromatic rings. The summed E-state index contributed by atoms with van der Waals surface area (Å²) >= 11 is 0. The van der Waals surface area contributed by atoms with Gasteiger partial charge in [0.15, 0.2) is 11.2 Å². The summed E-state index contributed by atoms with van der Waals surface area (Å²) in [5, 5.41) is 27.6. The fourth-order valence-corrected chi connectivity index (χ4v) is 4.76. The highest BCUT2D eigenvalue weighted by molar-refractivity contribution is 5.94. The van der Waals surface area contributed by atoms with E-state index in [1.54, 1.807) is 25.3 Å². The Bertz CT molecular complexity index is 1350. The summed E-state index contributed by atoms with van der Waals surface area (Å²) in [6.45, 7) is 5.87. The van der Waals surface area contributed by atoms with E-state index in [0.29, 0.717) is 11.2 Å². The van der Waals surface area contributed by atoms with E-state index in [2.05, 4.69) is 28.6 Å². The van der Waals surface area contributed by atoms with Gasteiger partial charge in [0.25, 0.3) is 0 Å². The fourth-order valence-electron chi connectivity index (χ4n) is 4.76. The number of aromatic amines is 1. The lowest BCUT2D eigenvalue weighted by Crippen LogP contribution is -2.49. The standard InChI is InChI=1S/C23H23FN4O3/c1-11(2)20-18(14-8-23(31,9-14)22(29)30)19-17(7-13-10-25-27-21(13)26-19)28(20)15-4-5-16(24)12(3)6-15/h4-7,10-11,14,31H,8-9H2,1-3H3,(H,29,30)(H,25,26,27)/t14-,23+. The highest BCUT2D eigenvalue weighted by atomic mass is 19.1. The van der Waals surface area contributed by atoms with E-state index in [9.17, 15) is 19.4 Å². The molecule has 3 heterocycles. The van der Waals surface area contributed by atoms with Gasteiger partial charge in [-0.2, -0.15) is 5.10 Å². The van der Waals surface area contributed by atoms with E-state index in [0.717, 1.165) is 33.4 Å². The quantitative estimate of drug-likeness (QED) is 0.458. The molecule has 1 aliphatic rings. The van der Waals surface area contributed by atoms with Crippen LogP contribution >= 0.6 is 0 Å². The van der Waals surface area contributed by atoms with E-state index in [-0.39, 0.29) is 30.5 Å². The molecule has 5 rings (SSSR count). The number of benzene rings is 1. The Labute approximate surface area is 177 Å². The molecule has 1 saturated carbocycles. The highest BCUT2D eigenvalue weighted by Gasteiger charge is 2.51. The number of nitrogens with one attached hydrogen (secondary N) is 1. The zero-order valence-electron chi connectivity index (χ0n) is 17.5. The summed E-state index contributed by atoms with van der Waals surface area (Å²) in [4.78, 5) is 16.3. The molecule has 0 spiro atoms. The predicted molar refractivity (Wildman–Crippen MR) is 114 cm³/mol. The maximum atomic E-state index is 14.0. The number of carboxylic acids is 1. The largest absolute Gasteiger partial charge is 0.479 e. The van der Waals surface area contributed by atoms with Gasteiger partial charge in [-0.3, -0.25) is 5.10 Å². The average molecular weight is 422 g/mol. The number of aliphatic carboxylic acids is 1. The summed E-state index contributed by atoms with van der Waals surface area (Å²) in [5.74, 6) is -1.52. The van der Waals surface area contributed by atoms with Crippen LogP contribution in [0.1, 0.15) is 55.3 Å². The minimum atomic E-state index is -1.71. The first-order valence-corrected chi connectivity index (χ1v) is 10.3. The lowest BCUT2D eigenvalue weighted by atomic mass is 9.67. The van der Waals surface area contributed by atoms with Gasteiger partial charge in [0.1, 0.15) is 5.82 Å². The molecule has 8 heteroatoms. The molecule has 1 fully saturated rings. The summed E-state index contributed by atoms with van der Waals surface area (Å²) in [7, 11) is 0. The Morgan fingerprint density at radius 1 is 1.32 bits per heavy atom. The van der Waals surface area contributed by atoms with Crippen molar-refractivity contribution in [2.45, 2.75) is 51.0 Å². The lowest BCUT2D eigenvalue weighted by Gasteiger charge is -2.40. The predicted octanol–water partition coefficient (Wildman–Crippen LogP) is 4.17. The van der Waals surface area contributed by atoms with Crippen molar-refractivity contribution in [3.8, 4) is 5.69 Å². The molecule has 7 nitrogen and oxygen atoms in total. The third-order valence-corrected chi connectivity index (χ3v) is 6.34. The molecule has 160 valence electrons. The second-order valence-electron chi connectivity index (χ2n) is 8.83. The number of carboxylic acid groups (broad SMARTS) is 1. The summed E-state index contributed by atoms with van der Waals surface area (Å²) in [6, 6.07) is 7.00. The molecule has 0 saturated heterocycles. The molecule has 1 aromatic carbocycles. The normalized spacial score (nSPS) is 21.2. The molecule has 1 aliphatic carbocycles. The fraction of sp³-hybridized carbons (Fsp3) is 0.348. The molecular formula is C23H23FN4O3. The Kier molecular flexibility index (Phi) is 4.20. The van der Waals surface area contributed by atoms with Crippen molar-refractivity contribution in [2.24, 2.45) is 0 Å². The lowest BCUT2D eigenvalue weighted by molar-refractivity contribution is -0.169. The van der Waals surface area contributed by atoms with Crippen LogP contribution in [0.4, 0.5) is 4.39 Å². The van der Waals surface area contributed by atoms with Crippen molar-refractivity contribution in [2.75, 3.05) is 0 Å². The first kappa shape index (κ1) is 19.7. The number of hydrogen-bond acceptors (Lipinski definition) is 4. The molecule has 0 amide bonds. The van der Waals surface area contributed by atoms with Crippen molar-refractivity contribution in [1.29, 1.82) is 0 Å². The van der Waals surface area contributed by atoms with Crippen molar-refractivity contribution in [3.05, 3.63) is 53.1 Å². The maximum absolute atomic E-state index is 14.0. The molecule has 3 N–H and O–H groups in total. The zero-order chi connectivity index (χ0) is 22.1. The van der Waals surface area contributed by atoms with Gasteiger partial charge < -0.3 is 14.8 Å². The zero-order valence-corrected chi connectivity index (χ0v) is 17.5. The number of aliphatic hydroxyl groups is 1. The van der Waals surface area contributed by atoms with E-state index < -0.39 is 11.6 Å². The van der Waals surface area contributed by atoms with E-state index in [4.69, 9.17) is 4.98 Å². The molecule has 0 bridgehead atoms. The van der Waals surface area contributed by atoms with Gasteiger partial charge in [-0.25, -0.2) is 14.2 Å². The molecular weight excluding hydrogens is 399 g/mol. The average Bonchev–Trinajstić information content (AvgIpc) is 3.27. The number of hydrogen-bond donors (Lipinski definition) is 3. The van der Waals surface area contributed by atoms with Crippen LogP contribution in [-0.4, -0.2) is 41.5 Å². The molecule has 3 aromatic heterocycles. The van der Waals surface area contributed by atoms with Crippen LogP contribution in [0.5, 0.6) is 0 Å². The second-order valence-corrected chi connectivity index (χ2v) is 8.83. The first-order chi connectivity index (χ1) is 14.7. The van der Waals surface area contributed by atoms with Gasteiger partial charge in [-0.15, -0.1) is 0 Å². The van der Waals surface area contributed by atoms with Crippen LogP contribution in [0.3, 0.4) is 0 Å². The van der Waals surface area contributed by atoms with Crippen LogP contribution < -0.4 is 0 Å². The monoisotopic (exact) mass is 422 g/mol. The third-order valence-electron chi connectivity index (χ3n) is 6.34. The van der Waals surface area contributed by atoms with Crippen molar-refractivity contribution in [1.82, 2.24) is 19.7 Å². The minimum Gasteiger partial charge on any atom is -0.479 e. The number of pyridine rings is 1. The minimum absolute atomic E-state index is 0.0875. The van der Waals surface area contributed by atoms with Crippen LogP contribution in [0.15, 0.2) is 30.5 Å². The van der Waals surface area contributed by atoms with E-state index in [1.807, 2.05) is 6.07 Å². The van der Waals surface area contributed by atoms with E-state index in [1.165, 1.54) is 6.07 Å². The summed E-state index contributed by atoms with van der Waals surface area (Å²) < 4.78 is 16.1. The SMILES string of the molecule is Cc1cc(-n2c(C(C)C)c([C@H]3C[C@](O)(C(=O)O)C3)c3nc4[nH]ncc4cc32)ccc1F. The highest BCUT2D eigenvalue weighted by Crippen LogP contribution is 2.50. The second kappa shape index (κ2) is 6.62. The number of fused-ring (bicyclic) bond motifs is 2. The first-order valence-electron chi connectivity index (χ1n) is 10.3. The number of carbonyl (C=O) groups is 1. The molecule has 31 heavy (non-hydrogen) atoms. The molecule has 0 aliphatic heterocycles. The summed E-state index contributed by atoms with van der Waals surface area (Å²) in [6.07, 6.45) is 1.97. The van der Waals surface area contributed by atoms with Crippen molar-refractivity contribution < 1.29 is 19.4 Å². The Morgan fingerprint density at radius 2 is 2.06 bits per heavy atom. The van der Waals surface area contributed by atoms with Gasteiger partial charge in [-0.05, 0) is 61.4 Å². The Balaban J connectivity index is 1.82. The molecule has 0 atom stereocenters. The number of nitrogens with zero attached hydrogens (tertiary/aromatic N) is 3. The Hall–Kier alpha value is -3.26. The van der Waals surface area contributed by atoms with Crippen LogP contribution in [0, 0.1) is 12.7 Å². The smallest absolute Gasteiger partial charge is 0.335 e. The van der Waals surface area contributed by atoms with E-state index >= 15 is 0 Å². The third kappa shape index (κ3) is 2.85. The van der Waals surface area contributed by atoms with Crippen LogP contribution in [0.2, 0.25) is 0 Å².